The molecule has 0 N–H and O–H groups in total. The Morgan fingerprint density at radius 3 is 2.95 bits per heavy atom. The van der Waals surface area contributed by atoms with Crippen LogP contribution in [0.5, 0.6) is 0 Å². The van der Waals surface area contributed by atoms with E-state index in [0.717, 1.165) is 30.6 Å². The van der Waals surface area contributed by atoms with Crippen molar-refractivity contribution in [1.82, 2.24) is 9.55 Å². The van der Waals surface area contributed by atoms with E-state index >= 15 is 0 Å². The molecule has 2 heterocycles. The summed E-state index contributed by atoms with van der Waals surface area (Å²) >= 11 is 2.78. The number of pyridine rings is 1. The van der Waals surface area contributed by atoms with Crippen LogP contribution in [0.3, 0.4) is 0 Å². The van der Waals surface area contributed by atoms with Crippen LogP contribution in [0.25, 0.3) is 10.9 Å². The molecule has 0 aliphatic heterocycles. The third-order valence-corrected chi connectivity index (χ3v) is 5.10. The Kier molecular flexibility index (Phi) is 3.28. The minimum absolute atomic E-state index is 0.614. The van der Waals surface area contributed by atoms with Crippen molar-refractivity contribution in [3.63, 3.8) is 0 Å². The van der Waals surface area contributed by atoms with Crippen LogP contribution in [-0.2, 0) is 19.4 Å². The van der Waals surface area contributed by atoms with E-state index in [0.29, 0.717) is 4.71 Å². The maximum absolute atomic E-state index is 9.17. The van der Waals surface area contributed by atoms with Gasteiger partial charge in [-0.2, -0.15) is 0 Å². The van der Waals surface area contributed by atoms with Crippen molar-refractivity contribution in [2.45, 2.75) is 24.1 Å². The first-order valence-electron chi connectivity index (χ1n) is 7.38. The van der Waals surface area contributed by atoms with Gasteiger partial charge in [0, 0.05) is 0 Å². The number of hydrogen-bond acceptors (Lipinski definition) is 2. The zero-order valence-electron chi connectivity index (χ0n) is 12.0. The number of rotatable bonds is 2. The third kappa shape index (κ3) is 2.15. The van der Waals surface area contributed by atoms with Crippen molar-refractivity contribution in [2.75, 3.05) is 0 Å². The van der Waals surface area contributed by atoms with E-state index in [1.165, 1.54) is 22.2 Å². The second kappa shape index (κ2) is 5.30. The van der Waals surface area contributed by atoms with E-state index < -0.39 is 0 Å². The fourth-order valence-electron chi connectivity index (χ4n) is 3.37. The van der Waals surface area contributed by atoms with Crippen LogP contribution >= 0.6 is 0 Å². The summed E-state index contributed by atoms with van der Waals surface area (Å²) in [6.45, 7) is 0.790. The molecule has 106 valence electrons. The van der Waals surface area contributed by atoms with Crippen LogP contribution in [0.2, 0.25) is 4.71 Å². The molecule has 3 aromatic rings. The first kappa shape index (κ1) is 13.6. The van der Waals surface area contributed by atoms with Gasteiger partial charge in [0.25, 0.3) is 0 Å². The Balaban J connectivity index is 1.91. The average Bonchev–Trinajstić information content (AvgIpc) is 3.05. The van der Waals surface area contributed by atoms with E-state index in [2.05, 4.69) is 44.6 Å². The summed E-state index contributed by atoms with van der Waals surface area (Å²) in [4.78, 5) is 4.46. The van der Waals surface area contributed by atoms with Gasteiger partial charge in [-0.1, -0.05) is 0 Å². The molecule has 0 saturated heterocycles. The summed E-state index contributed by atoms with van der Waals surface area (Å²) in [5, 5.41) is 10.4. The van der Waals surface area contributed by atoms with Gasteiger partial charge < -0.3 is 0 Å². The van der Waals surface area contributed by atoms with Gasteiger partial charge in [-0.25, -0.2) is 0 Å². The molecule has 0 fully saturated rings. The fraction of sp³-hybridized carbons (Fsp3) is 0.222. The molecule has 0 amide bonds. The van der Waals surface area contributed by atoms with Crippen molar-refractivity contribution in [3.8, 4) is 6.07 Å². The molecule has 4 heteroatoms. The number of hydrogen-bond donors (Lipinski definition) is 0. The van der Waals surface area contributed by atoms with Crippen molar-refractivity contribution in [1.29, 1.82) is 5.26 Å². The van der Waals surface area contributed by atoms with Gasteiger partial charge >= 0.3 is 138 Å². The van der Waals surface area contributed by atoms with Crippen molar-refractivity contribution in [3.05, 3.63) is 65.1 Å². The maximum atomic E-state index is 9.17. The van der Waals surface area contributed by atoms with Crippen molar-refractivity contribution >= 4 is 27.8 Å². The summed E-state index contributed by atoms with van der Waals surface area (Å²) in [6.07, 6.45) is 4.00. The van der Waals surface area contributed by atoms with Gasteiger partial charge in [0.05, 0.1) is 0 Å². The van der Waals surface area contributed by atoms with Crippen molar-refractivity contribution < 1.29 is 0 Å². The van der Waals surface area contributed by atoms with Crippen LogP contribution in [0.15, 0.2) is 42.6 Å². The fourth-order valence-corrected chi connectivity index (χ4v) is 4.12. The molecule has 3 nitrogen and oxygen atoms in total. The van der Waals surface area contributed by atoms with Gasteiger partial charge in [-0.3, -0.25) is 0 Å². The van der Waals surface area contributed by atoms with Crippen LogP contribution in [0, 0.1) is 11.3 Å². The van der Waals surface area contributed by atoms with Gasteiger partial charge in [-0.15, -0.1) is 0 Å². The Bertz CT molecular complexity index is 890. The Labute approximate surface area is 138 Å². The average molecular weight is 347 g/mol. The second-order valence-corrected chi connectivity index (χ2v) is 7.27. The van der Waals surface area contributed by atoms with E-state index in [9.17, 15) is 0 Å². The number of benzene rings is 1. The quantitative estimate of drug-likeness (QED) is 0.669. The van der Waals surface area contributed by atoms with E-state index in [4.69, 9.17) is 5.26 Å². The van der Waals surface area contributed by atoms with Crippen LogP contribution in [-0.4, -0.2) is 26.4 Å². The summed E-state index contributed by atoms with van der Waals surface area (Å²) in [5.74, 6) is 0. The molecule has 0 bridgehead atoms. The van der Waals surface area contributed by atoms with Gasteiger partial charge in [0.1, 0.15) is 0 Å². The summed E-state index contributed by atoms with van der Waals surface area (Å²) in [5.41, 5.74) is 5.84. The van der Waals surface area contributed by atoms with Gasteiger partial charge in [-0.05, 0) is 0 Å². The summed E-state index contributed by atoms with van der Waals surface area (Å²) < 4.78 is 2.99. The number of nitrogens with zero attached hydrogens (tertiary/aromatic N) is 3. The van der Waals surface area contributed by atoms with E-state index in [-0.39, 0.29) is 0 Å². The van der Waals surface area contributed by atoms with Crippen LogP contribution in [0.4, 0.5) is 0 Å². The monoisotopic (exact) mass is 347 g/mol. The summed E-state index contributed by atoms with van der Waals surface area (Å²) in [7, 11) is 0. The molecule has 22 heavy (non-hydrogen) atoms. The molecule has 1 aromatic carbocycles. The molecule has 4 rings (SSSR count). The molecule has 2 aromatic heterocycles. The predicted octanol–water partition coefficient (Wildman–Crippen LogP) is 3.01. The number of nitriles is 1. The zero-order valence-corrected chi connectivity index (χ0v) is 13.9. The molecule has 2 radical (unpaired) electrons. The Morgan fingerprint density at radius 2 is 2.18 bits per heavy atom. The van der Waals surface area contributed by atoms with E-state index in [1.807, 2.05) is 30.5 Å². The number of aromatic nitrogens is 2. The SMILES string of the molecule is N#Cc1ccc2c(c1)c1c(n2Cc2ccccn2)CC([As])C1. The second-order valence-electron chi connectivity index (χ2n) is 5.74. The molecule has 0 spiro atoms. The van der Waals surface area contributed by atoms with Crippen molar-refractivity contribution in [2.24, 2.45) is 0 Å². The third-order valence-electron chi connectivity index (χ3n) is 4.33. The first-order valence-corrected chi connectivity index (χ1v) is 8.46. The zero-order chi connectivity index (χ0) is 15.1. The summed E-state index contributed by atoms with van der Waals surface area (Å²) in [6, 6.07) is 14.3. The Morgan fingerprint density at radius 1 is 1.27 bits per heavy atom. The molecule has 1 unspecified atom stereocenters. The predicted molar refractivity (Wildman–Crippen MR) is 86.9 cm³/mol. The Hall–Kier alpha value is -2.04. The molecule has 1 aliphatic rings. The molecular weight excluding hydrogens is 333 g/mol. The molecule has 1 aliphatic carbocycles. The van der Waals surface area contributed by atoms with E-state index in [1.54, 1.807) is 0 Å². The molecule has 0 saturated carbocycles. The molecule has 1 atom stereocenters. The topological polar surface area (TPSA) is 41.6 Å². The minimum atomic E-state index is 0.614. The van der Waals surface area contributed by atoms with Gasteiger partial charge in [0.15, 0.2) is 0 Å². The first-order chi connectivity index (χ1) is 10.8. The van der Waals surface area contributed by atoms with Crippen LogP contribution < -0.4 is 0 Å². The normalized spacial score (nSPS) is 16.6. The number of fused-ring (bicyclic) bond motifs is 3. The van der Waals surface area contributed by atoms with Gasteiger partial charge in [0.2, 0.25) is 0 Å². The molecular formula is C18H14AsN3. The van der Waals surface area contributed by atoms with Crippen LogP contribution in [0.1, 0.15) is 22.5 Å². The standard InChI is InChI=1S/C18H14AsN3/c19-13-8-16-15-7-12(10-20)4-5-17(15)22(18(16)9-13)11-14-3-1-2-6-21-14/h1-7,13H,8-9,11H2.